The minimum Gasteiger partial charge on any atom is -0.493 e. The van der Waals surface area contributed by atoms with Gasteiger partial charge in [0.1, 0.15) is 5.56 Å². The summed E-state index contributed by atoms with van der Waals surface area (Å²) in [5.74, 6) is -0.275. The summed E-state index contributed by atoms with van der Waals surface area (Å²) < 4.78 is 11.6. The van der Waals surface area contributed by atoms with Crippen LogP contribution >= 0.6 is 15.9 Å². The molecule has 0 saturated heterocycles. The molecule has 2 rings (SSSR count). The maximum absolute atomic E-state index is 11.3. The maximum Gasteiger partial charge on any atom is 0.339 e. The number of aromatic nitrogens is 1. The second-order valence-corrected chi connectivity index (χ2v) is 4.94. The van der Waals surface area contributed by atoms with Crippen LogP contribution in [-0.2, 0) is 0 Å². The van der Waals surface area contributed by atoms with Gasteiger partial charge >= 0.3 is 5.97 Å². The number of carboxylic acid groups (broad SMARTS) is 1. The SMILES string of the molecule is COc1cccc(C(=O)O)c1Oc1ncc(Br)cc1C. The molecule has 0 atom stereocenters. The summed E-state index contributed by atoms with van der Waals surface area (Å²) in [6.07, 6.45) is 1.58. The second-order valence-electron chi connectivity index (χ2n) is 4.02. The predicted molar refractivity (Wildman–Crippen MR) is 76.7 cm³/mol. The van der Waals surface area contributed by atoms with Gasteiger partial charge in [-0.2, -0.15) is 0 Å². The number of para-hydroxylation sites is 1. The van der Waals surface area contributed by atoms with Crippen molar-refractivity contribution in [2.75, 3.05) is 7.11 Å². The van der Waals surface area contributed by atoms with Crippen molar-refractivity contribution in [3.05, 3.63) is 46.1 Å². The van der Waals surface area contributed by atoms with Crippen molar-refractivity contribution in [1.82, 2.24) is 4.98 Å². The van der Waals surface area contributed by atoms with Gasteiger partial charge in [0.25, 0.3) is 0 Å². The van der Waals surface area contributed by atoms with Crippen molar-refractivity contribution in [1.29, 1.82) is 0 Å². The number of aryl methyl sites for hydroxylation is 1. The van der Waals surface area contributed by atoms with E-state index in [-0.39, 0.29) is 11.3 Å². The number of halogens is 1. The number of aromatic carboxylic acids is 1. The molecule has 0 bridgehead atoms. The number of carbonyl (C=O) groups is 1. The molecule has 6 heteroatoms. The number of hydrogen-bond acceptors (Lipinski definition) is 4. The van der Waals surface area contributed by atoms with E-state index in [2.05, 4.69) is 20.9 Å². The highest BCUT2D eigenvalue weighted by molar-refractivity contribution is 9.10. The number of carboxylic acids is 1. The Bertz CT molecular complexity index is 658. The maximum atomic E-state index is 11.3. The third-order valence-corrected chi connectivity index (χ3v) is 3.06. The van der Waals surface area contributed by atoms with E-state index < -0.39 is 5.97 Å². The summed E-state index contributed by atoms with van der Waals surface area (Å²) in [5.41, 5.74) is 0.801. The second kappa shape index (κ2) is 5.92. The van der Waals surface area contributed by atoms with Crippen molar-refractivity contribution >= 4 is 21.9 Å². The molecule has 0 saturated carbocycles. The molecule has 0 unspecified atom stereocenters. The largest absolute Gasteiger partial charge is 0.493 e. The molecular weight excluding hydrogens is 326 g/mol. The van der Waals surface area contributed by atoms with Gasteiger partial charge < -0.3 is 14.6 Å². The molecule has 0 radical (unpaired) electrons. The summed E-state index contributed by atoms with van der Waals surface area (Å²) in [6, 6.07) is 6.51. The molecule has 1 aromatic carbocycles. The van der Waals surface area contributed by atoms with Crippen LogP contribution in [0.4, 0.5) is 0 Å². The normalized spacial score (nSPS) is 10.2. The van der Waals surface area contributed by atoms with E-state index in [4.69, 9.17) is 9.47 Å². The highest BCUT2D eigenvalue weighted by atomic mass is 79.9. The van der Waals surface area contributed by atoms with Gasteiger partial charge in [0.2, 0.25) is 5.88 Å². The Hall–Kier alpha value is -2.08. The van der Waals surface area contributed by atoms with Gasteiger partial charge in [-0.3, -0.25) is 0 Å². The Morgan fingerprint density at radius 2 is 2.15 bits per heavy atom. The molecule has 5 nitrogen and oxygen atoms in total. The molecule has 20 heavy (non-hydrogen) atoms. The lowest BCUT2D eigenvalue weighted by Crippen LogP contribution is -2.03. The van der Waals surface area contributed by atoms with E-state index in [0.29, 0.717) is 11.6 Å². The van der Waals surface area contributed by atoms with Crippen LogP contribution in [0.15, 0.2) is 34.9 Å². The van der Waals surface area contributed by atoms with Crippen LogP contribution in [-0.4, -0.2) is 23.2 Å². The van der Waals surface area contributed by atoms with Crippen LogP contribution in [0.1, 0.15) is 15.9 Å². The van der Waals surface area contributed by atoms with Crippen LogP contribution < -0.4 is 9.47 Å². The number of benzene rings is 1. The van der Waals surface area contributed by atoms with Crippen molar-refractivity contribution in [3.8, 4) is 17.4 Å². The predicted octanol–water partition coefficient (Wildman–Crippen LogP) is 3.65. The Kier molecular flexibility index (Phi) is 4.24. The highest BCUT2D eigenvalue weighted by Gasteiger charge is 2.18. The molecule has 1 heterocycles. The molecule has 0 aliphatic carbocycles. The Morgan fingerprint density at radius 3 is 2.75 bits per heavy atom. The lowest BCUT2D eigenvalue weighted by molar-refractivity contribution is 0.0693. The number of rotatable bonds is 4. The molecule has 0 aliphatic heterocycles. The molecule has 0 spiro atoms. The van der Waals surface area contributed by atoms with Gasteiger partial charge in [-0.15, -0.1) is 0 Å². The third kappa shape index (κ3) is 2.91. The summed E-state index contributed by atoms with van der Waals surface area (Å²) in [4.78, 5) is 15.4. The standard InChI is InChI=1S/C14H12BrNO4/c1-8-6-9(15)7-16-13(8)20-12-10(14(17)18)4-3-5-11(12)19-2/h3-7H,1-2H3,(H,17,18). The monoisotopic (exact) mass is 337 g/mol. The van der Waals surface area contributed by atoms with E-state index in [0.717, 1.165) is 10.0 Å². The molecular formula is C14H12BrNO4. The van der Waals surface area contributed by atoms with Crippen LogP contribution in [0.5, 0.6) is 17.4 Å². The van der Waals surface area contributed by atoms with E-state index in [1.54, 1.807) is 18.3 Å². The minimum atomic E-state index is -1.09. The fourth-order valence-corrected chi connectivity index (χ4v) is 2.13. The zero-order valence-electron chi connectivity index (χ0n) is 10.9. The van der Waals surface area contributed by atoms with Crippen LogP contribution in [0.2, 0.25) is 0 Å². The summed E-state index contributed by atoms with van der Waals surface area (Å²) in [5, 5.41) is 9.21. The smallest absolute Gasteiger partial charge is 0.339 e. The van der Waals surface area contributed by atoms with E-state index in [1.807, 2.05) is 13.0 Å². The van der Waals surface area contributed by atoms with Crippen LogP contribution in [0.3, 0.4) is 0 Å². The quantitative estimate of drug-likeness (QED) is 0.922. The van der Waals surface area contributed by atoms with Gasteiger partial charge in [-0.05, 0) is 41.1 Å². The number of hydrogen-bond donors (Lipinski definition) is 1. The lowest BCUT2D eigenvalue weighted by atomic mass is 10.2. The number of methoxy groups -OCH3 is 1. The van der Waals surface area contributed by atoms with Gasteiger partial charge in [0.05, 0.1) is 7.11 Å². The molecule has 1 N–H and O–H groups in total. The van der Waals surface area contributed by atoms with Crippen molar-refractivity contribution in [2.24, 2.45) is 0 Å². The third-order valence-electron chi connectivity index (χ3n) is 2.62. The summed E-state index contributed by atoms with van der Waals surface area (Å²) in [6.45, 7) is 1.82. The average molecular weight is 338 g/mol. The summed E-state index contributed by atoms with van der Waals surface area (Å²) in [7, 11) is 1.45. The van der Waals surface area contributed by atoms with Gasteiger partial charge in [-0.1, -0.05) is 6.07 Å². The number of pyridine rings is 1. The molecule has 0 fully saturated rings. The molecule has 104 valence electrons. The zero-order valence-corrected chi connectivity index (χ0v) is 12.5. The molecule has 1 aromatic heterocycles. The van der Waals surface area contributed by atoms with Crippen molar-refractivity contribution in [3.63, 3.8) is 0 Å². The molecule has 0 aliphatic rings. The topological polar surface area (TPSA) is 68.7 Å². The number of ether oxygens (including phenoxy) is 2. The Labute approximate surface area is 124 Å². The Balaban J connectivity index is 2.49. The molecule has 2 aromatic rings. The van der Waals surface area contributed by atoms with E-state index in [1.165, 1.54) is 13.2 Å². The van der Waals surface area contributed by atoms with E-state index >= 15 is 0 Å². The Morgan fingerprint density at radius 1 is 1.40 bits per heavy atom. The molecule has 0 amide bonds. The van der Waals surface area contributed by atoms with Crippen molar-refractivity contribution < 1.29 is 19.4 Å². The summed E-state index contributed by atoms with van der Waals surface area (Å²) >= 11 is 3.31. The first-order valence-electron chi connectivity index (χ1n) is 5.73. The van der Waals surface area contributed by atoms with E-state index in [9.17, 15) is 9.90 Å². The average Bonchev–Trinajstić information content (AvgIpc) is 2.41. The first-order valence-corrected chi connectivity index (χ1v) is 6.52. The first kappa shape index (κ1) is 14.3. The zero-order chi connectivity index (χ0) is 14.7. The number of nitrogens with zero attached hydrogens (tertiary/aromatic N) is 1. The lowest BCUT2D eigenvalue weighted by Gasteiger charge is -2.13. The first-order chi connectivity index (χ1) is 9.52. The van der Waals surface area contributed by atoms with Gasteiger partial charge in [-0.25, -0.2) is 9.78 Å². The fourth-order valence-electron chi connectivity index (χ4n) is 1.68. The highest BCUT2D eigenvalue weighted by Crippen LogP contribution is 2.35. The van der Waals surface area contributed by atoms with Crippen LogP contribution in [0, 0.1) is 6.92 Å². The minimum absolute atomic E-state index is 0.0217. The van der Waals surface area contributed by atoms with Gasteiger partial charge in [0.15, 0.2) is 11.5 Å². The van der Waals surface area contributed by atoms with Crippen molar-refractivity contribution in [2.45, 2.75) is 6.92 Å². The van der Waals surface area contributed by atoms with Crippen LogP contribution in [0.25, 0.3) is 0 Å². The van der Waals surface area contributed by atoms with Gasteiger partial charge in [0, 0.05) is 16.2 Å². The fraction of sp³-hybridized carbons (Fsp3) is 0.143.